The van der Waals surface area contributed by atoms with E-state index in [1.807, 2.05) is 0 Å². The van der Waals surface area contributed by atoms with Gasteiger partial charge in [-0.2, -0.15) is 11.8 Å². The van der Waals surface area contributed by atoms with Crippen LogP contribution in [-0.4, -0.2) is 29.3 Å². The highest BCUT2D eigenvalue weighted by Gasteiger charge is 2.15. The predicted molar refractivity (Wildman–Crippen MR) is 67.8 cm³/mol. The molecular formula is C12H13F2NO3S. The van der Waals surface area contributed by atoms with E-state index in [1.54, 1.807) is 0 Å². The number of hydrogen-bond donors (Lipinski definition) is 2. The smallest absolute Gasteiger partial charge is 0.326 e. The second kappa shape index (κ2) is 7.73. The molecule has 0 aliphatic rings. The van der Waals surface area contributed by atoms with Gasteiger partial charge in [-0.15, -0.1) is 0 Å². The zero-order chi connectivity index (χ0) is 14.3. The maximum absolute atomic E-state index is 13.3. The van der Waals surface area contributed by atoms with Crippen molar-refractivity contribution in [2.75, 3.05) is 5.75 Å². The largest absolute Gasteiger partial charge is 0.480 e. The van der Waals surface area contributed by atoms with Crippen LogP contribution in [0.2, 0.25) is 0 Å². The summed E-state index contributed by atoms with van der Waals surface area (Å²) in [6.07, 6.45) is 0.574. The Hall–Kier alpha value is -1.63. The van der Waals surface area contributed by atoms with E-state index in [4.69, 9.17) is 5.11 Å². The van der Waals surface area contributed by atoms with Crippen LogP contribution in [0, 0.1) is 11.6 Å². The summed E-state index contributed by atoms with van der Waals surface area (Å²) in [6, 6.07) is 2.40. The first-order valence-electron chi connectivity index (χ1n) is 5.48. The highest BCUT2D eigenvalue weighted by Crippen LogP contribution is 2.17. The van der Waals surface area contributed by atoms with Gasteiger partial charge >= 0.3 is 5.97 Å². The molecule has 0 saturated carbocycles. The van der Waals surface area contributed by atoms with Gasteiger partial charge in [0.2, 0.25) is 6.41 Å². The molecular weight excluding hydrogens is 276 g/mol. The van der Waals surface area contributed by atoms with E-state index in [9.17, 15) is 18.4 Å². The SMILES string of the molecule is O=CNC(CCSCc1ccc(F)cc1F)C(=O)O. The minimum absolute atomic E-state index is 0.238. The lowest BCUT2D eigenvalue weighted by Crippen LogP contribution is -2.36. The maximum atomic E-state index is 13.3. The number of carbonyl (C=O) groups is 2. The van der Waals surface area contributed by atoms with Gasteiger partial charge in [0, 0.05) is 11.8 Å². The molecule has 0 aromatic heterocycles. The van der Waals surface area contributed by atoms with Crippen LogP contribution in [0.5, 0.6) is 0 Å². The molecule has 1 aromatic carbocycles. The van der Waals surface area contributed by atoms with E-state index in [0.29, 0.717) is 23.5 Å². The number of amides is 1. The fourth-order valence-electron chi connectivity index (χ4n) is 1.38. The molecule has 0 bridgehead atoms. The molecule has 0 saturated heterocycles. The minimum Gasteiger partial charge on any atom is -0.480 e. The van der Waals surface area contributed by atoms with E-state index in [1.165, 1.54) is 23.9 Å². The van der Waals surface area contributed by atoms with Crippen LogP contribution in [-0.2, 0) is 15.3 Å². The number of rotatable bonds is 8. The number of carboxylic acid groups (broad SMARTS) is 1. The Morgan fingerprint density at radius 1 is 1.47 bits per heavy atom. The van der Waals surface area contributed by atoms with Crippen molar-refractivity contribution in [3.63, 3.8) is 0 Å². The predicted octanol–water partition coefficient (Wildman–Crippen LogP) is 1.79. The van der Waals surface area contributed by atoms with Crippen LogP contribution in [0.3, 0.4) is 0 Å². The Morgan fingerprint density at radius 2 is 2.21 bits per heavy atom. The molecule has 1 aromatic rings. The highest BCUT2D eigenvalue weighted by atomic mass is 32.2. The second-order valence-corrected chi connectivity index (χ2v) is 4.86. The average molecular weight is 289 g/mol. The minimum atomic E-state index is -1.11. The van der Waals surface area contributed by atoms with E-state index in [-0.39, 0.29) is 6.42 Å². The highest BCUT2D eigenvalue weighted by molar-refractivity contribution is 7.98. The molecule has 0 aliphatic heterocycles. The van der Waals surface area contributed by atoms with Gasteiger partial charge in [0.25, 0.3) is 0 Å². The van der Waals surface area contributed by atoms with Crippen LogP contribution < -0.4 is 5.32 Å². The third-order valence-corrected chi connectivity index (χ3v) is 3.43. The molecule has 0 fully saturated rings. The number of nitrogens with one attached hydrogen (secondary N) is 1. The average Bonchev–Trinajstić information content (AvgIpc) is 2.35. The molecule has 104 valence electrons. The van der Waals surface area contributed by atoms with Gasteiger partial charge in [-0.3, -0.25) is 4.79 Å². The lowest BCUT2D eigenvalue weighted by atomic mass is 10.2. The van der Waals surface area contributed by atoms with Crippen molar-refractivity contribution in [3.05, 3.63) is 35.4 Å². The standard InChI is InChI=1S/C12H13F2NO3S/c13-9-2-1-8(10(14)5-9)6-19-4-3-11(12(17)18)15-7-16/h1-2,5,7,11H,3-4,6H2,(H,15,16)(H,17,18). The van der Waals surface area contributed by atoms with Crippen molar-refractivity contribution in [1.82, 2.24) is 5.32 Å². The van der Waals surface area contributed by atoms with Gasteiger partial charge in [0.05, 0.1) is 0 Å². The molecule has 0 heterocycles. The van der Waals surface area contributed by atoms with E-state index in [0.717, 1.165) is 6.07 Å². The van der Waals surface area contributed by atoms with Crippen molar-refractivity contribution in [2.24, 2.45) is 0 Å². The first-order valence-corrected chi connectivity index (χ1v) is 6.64. The van der Waals surface area contributed by atoms with Crippen LogP contribution in [0.15, 0.2) is 18.2 Å². The summed E-state index contributed by atoms with van der Waals surface area (Å²) in [7, 11) is 0. The quantitative estimate of drug-likeness (QED) is 0.565. The third-order valence-electron chi connectivity index (χ3n) is 2.39. The van der Waals surface area contributed by atoms with Gasteiger partial charge in [0.1, 0.15) is 17.7 Å². The van der Waals surface area contributed by atoms with E-state index in [2.05, 4.69) is 5.32 Å². The van der Waals surface area contributed by atoms with Crippen LogP contribution in [0.4, 0.5) is 8.78 Å². The third kappa shape index (κ3) is 5.25. The van der Waals surface area contributed by atoms with Crippen molar-refractivity contribution in [3.8, 4) is 0 Å². The number of benzene rings is 1. The van der Waals surface area contributed by atoms with Gasteiger partial charge in [-0.05, 0) is 23.8 Å². The monoisotopic (exact) mass is 289 g/mol. The Labute approximate surface area is 113 Å². The summed E-state index contributed by atoms with van der Waals surface area (Å²) in [6.45, 7) is 0. The molecule has 2 N–H and O–H groups in total. The van der Waals surface area contributed by atoms with Crippen LogP contribution in [0.1, 0.15) is 12.0 Å². The van der Waals surface area contributed by atoms with Crippen LogP contribution >= 0.6 is 11.8 Å². The molecule has 0 spiro atoms. The summed E-state index contributed by atoms with van der Waals surface area (Å²) < 4.78 is 25.9. The first kappa shape index (κ1) is 15.4. The first-order chi connectivity index (χ1) is 9.04. The summed E-state index contributed by atoms with van der Waals surface area (Å²) in [4.78, 5) is 20.9. The van der Waals surface area contributed by atoms with E-state index >= 15 is 0 Å². The molecule has 19 heavy (non-hydrogen) atoms. The Kier molecular flexibility index (Phi) is 6.27. The van der Waals surface area contributed by atoms with Crippen molar-refractivity contribution in [1.29, 1.82) is 0 Å². The van der Waals surface area contributed by atoms with Crippen molar-refractivity contribution < 1.29 is 23.5 Å². The number of carbonyl (C=O) groups excluding carboxylic acids is 1. The Balaban J connectivity index is 2.37. The maximum Gasteiger partial charge on any atom is 0.326 e. The number of aliphatic carboxylic acids is 1. The van der Waals surface area contributed by atoms with Gasteiger partial charge in [-0.25, -0.2) is 13.6 Å². The lowest BCUT2D eigenvalue weighted by Gasteiger charge is -2.10. The zero-order valence-electron chi connectivity index (χ0n) is 9.94. The molecule has 1 rings (SSSR count). The van der Waals surface area contributed by atoms with Crippen molar-refractivity contribution >= 4 is 24.1 Å². The van der Waals surface area contributed by atoms with E-state index < -0.39 is 23.6 Å². The number of hydrogen-bond acceptors (Lipinski definition) is 3. The number of halogens is 2. The zero-order valence-corrected chi connectivity index (χ0v) is 10.8. The number of thioether (sulfide) groups is 1. The molecule has 7 heteroatoms. The Morgan fingerprint density at radius 3 is 2.79 bits per heavy atom. The summed E-state index contributed by atoms with van der Waals surface area (Å²) in [5.41, 5.74) is 0.363. The molecule has 1 amide bonds. The fourth-order valence-corrected chi connectivity index (χ4v) is 2.38. The normalized spacial score (nSPS) is 11.9. The topological polar surface area (TPSA) is 66.4 Å². The fraction of sp³-hybridized carbons (Fsp3) is 0.333. The summed E-state index contributed by atoms with van der Waals surface area (Å²) in [5, 5.41) is 10.9. The van der Waals surface area contributed by atoms with Gasteiger partial charge < -0.3 is 10.4 Å². The number of carboxylic acids is 1. The summed E-state index contributed by atoms with van der Waals surface area (Å²) >= 11 is 1.32. The Bertz CT molecular complexity index is 457. The summed E-state index contributed by atoms with van der Waals surface area (Å²) in [5.74, 6) is -1.60. The molecule has 1 atom stereocenters. The van der Waals surface area contributed by atoms with Crippen LogP contribution in [0.25, 0.3) is 0 Å². The lowest BCUT2D eigenvalue weighted by molar-refractivity contribution is -0.140. The molecule has 0 radical (unpaired) electrons. The van der Waals surface area contributed by atoms with Crippen molar-refractivity contribution in [2.45, 2.75) is 18.2 Å². The van der Waals surface area contributed by atoms with Gasteiger partial charge in [0.15, 0.2) is 0 Å². The molecule has 1 unspecified atom stereocenters. The molecule has 4 nitrogen and oxygen atoms in total. The second-order valence-electron chi connectivity index (χ2n) is 3.75. The van der Waals surface area contributed by atoms with Gasteiger partial charge in [-0.1, -0.05) is 6.07 Å². The molecule has 0 aliphatic carbocycles.